The van der Waals surface area contributed by atoms with Crippen LogP contribution in [0.5, 0.6) is 0 Å². The van der Waals surface area contributed by atoms with Crippen molar-refractivity contribution < 1.29 is 107 Å². The Morgan fingerprint density at radius 3 is 0.643 bits per heavy atom. The summed E-state index contributed by atoms with van der Waals surface area (Å²) in [4.78, 5) is 101. The zero-order valence-corrected chi connectivity index (χ0v) is 88.5. The average molecular weight is 2000 g/mol. The van der Waals surface area contributed by atoms with Gasteiger partial charge in [0.25, 0.3) is 0 Å². The van der Waals surface area contributed by atoms with E-state index in [9.17, 15) is 38.4 Å². The molecule has 4 aliphatic rings. The van der Waals surface area contributed by atoms with Crippen molar-refractivity contribution in [2.75, 3.05) is 28.4 Å². The van der Waals surface area contributed by atoms with Crippen molar-refractivity contribution >= 4 is 47.0 Å². The number of esters is 4. The zero-order chi connectivity index (χ0) is 95.4. The predicted octanol–water partition coefficient (Wildman–Crippen LogP) is 23.9. The summed E-state index contributed by atoms with van der Waals surface area (Å²) in [6.07, 6.45) is 11.8. The van der Waals surface area contributed by atoms with Gasteiger partial charge in [-0.1, -0.05) is 55.2 Å². The van der Waals surface area contributed by atoms with Gasteiger partial charge < -0.3 is 37.0 Å². The first-order valence-electron chi connectivity index (χ1n) is 46.7. The number of ether oxygens (including phenoxy) is 4. The van der Waals surface area contributed by atoms with E-state index in [-0.39, 0.29) is 153 Å². The Morgan fingerprint density at radius 1 is 0.271 bits per heavy atom. The van der Waals surface area contributed by atoms with Gasteiger partial charge in [-0.15, -0.1) is 0 Å². The van der Waals surface area contributed by atoms with E-state index in [4.69, 9.17) is 37.0 Å². The number of carbonyl (C=O) groups is 8. The largest absolute Gasteiger partial charge is 0.469 e. The number of hydrogen-bond donors (Lipinski definition) is 0. The van der Waals surface area contributed by atoms with Crippen LogP contribution in [0, 0.1) is 215 Å². The van der Waals surface area contributed by atoms with Gasteiger partial charge in [-0.2, -0.15) is 0 Å². The van der Waals surface area contributed by atoms with Crippen LogP contribution < -0.4 is 0 Å². The number of Topliss-reactive ketones (excluding diaryl/α,β-unsaturated/α-hetero) is 4. The molecule has 0 radical (unpaired) electrons. The Kier molecular flexibility index (Phi) is 39.2. The fraction of sp³-hybridized carbons (Fsp3) is 0.593. The summed E-state index contributed by atoms with van der Waals surface area (Å²) in [6.45, 7) is 60.8. The molecule has 0 amide bonds. The molecule has 4 fully saturated rings. The van der Waals surface area contributed by atoms with E-state index >= 15 is 0 Å². The van der Waals surface area contributed by atoms with E-state index < -0.39 is 0 Å². The molecule has 0 aliphatic heterocycles. The number of carbonyl (C=O) groups excluding carboxylic acids is 8. The molecule has 4 aromatic carbocycles. The molecule has 4 atom stereocenters. The second-order valence-corrected chi connectivity index (χ2v) is 38.3. The third-order valence-electron chi connectivity index (χ3n) is 30.3. The predicted molar refractivity (Wildman–Crippen MR) is 503 cm³/mol. The summed E-state index contributed by atoms with van der Waals surface area (Å²) in [7, 11) is 5.51. The first kappa shape index (κ1) is 107. The van der Waals surface area contributed by atoms with Gasteiger partial charge in [0, 0.05) is 146 Å². The SMILES string of the molecule is CC.COC(=O)CC(CC(=O)Cc1c(C)c(C)c(C)c(C)c1C)c1noc(C)c1C1CC1.COC(=O)CC(CC(=O)Cc1c(C)c(C)c(C)c(C)c1C)c1noc(C2CC(C)C2)c1C.COC(=O)CC(CC(=O)Cc1c(C)c(C)c(C)c(C)c1C)c1noc(C2CC(C)C2)c1C.COC(=O)CC(CC(=O)Cc1c(C)c(C)c(C)c(C)c1C)c1noc(C2CC(C)C2)c1C.[U]. The Bertz CT molecular complexity index is 4870. The molecular formula is C108H150N4O16U. The van der Waals surface area contributed by atoms with Gasteiger partial charge in [0.2, 0.25) is 0 Å². The van der Waals surface area contributed by atoms with Crippen molar-refractivity contribution in [1.82, 2.24) is 20.6 Å². The van der Waals surface area contributed by atoms with Gasteiger partial charge >= 0.3 is 23.9 Å². The molecule has 4 unspecified atom stereocenters. The fourth-order valence-electron chi connectivity index (χ4n) is 20.0. The van der Waals surface area contributed by atoms with E-state index in [1.165, 1.54) is 140 Å². The van der Waals surface area contributed by atoms with E-state index in [1.54, 1.807) is 0 Å². The number of aryl methyl sites for hydroxylation is 1. The van der Waals surface area contributed by atoms with E-state index in [1.807, 2.05) is 41.5 Å². The van der Waals surface area contributed by atoms with Gasteiger partial charge in [-0.3, -0.25) is 38.4 Å². The molecule has 129 heavy (non-hydrogen) atoms. The molecule has 0 saturated heterocycles. The number of hydrogen-bond acceptors (Lipinski definition) is 20. The minimum Gasteiger partial charge on any atom is -0.469 e. The maximum Gasteiger partial charge on any atom is 0.306 e. The Balaban J connectivity index is 0.000000233. The van der Waals surface area contributed by atoms with Crippen molar-refractivity contribution in [2.45, 2.75) is 377 Å². The Labute approximate surface area is 793 Å². The number of benzene rings is 4. The molecule has 702 valence electrons. The number of rotatable bonds is 32. The van der Waals surface area contributed by atoms with Crippen LogP contribution in [-0.4, -0.2) is 96.1 Å². The Morgan fingerprint density at radius 2 is 0.457 bits per heavy atom. The maximum atomic E-state index is 13.2. The van der Waals surface area contributed by atoms with Gasteiger partial charge in [-0.25, -0.2) is 0 Å². The van der Waals surface area contributed by atoms with Crippen LogP contribution in [-0.2, 0) is 83.0 Å². The standard InChI is InChI=1S/3C27H37NO4.C25H33NO4.C2H6.U/c3*1-14-9-22(10-14)27-20(7)26(28-32-27)21(12-25(30)31-8)11-23(29)13-24-18(5)16(3)15(2)17(4)19(24)6;1-13-14(2)16(4)22(17(5)15(13)3)12-21(27)10-20(11-23(28)29-7)25-24(19-8-9-19)18(6)30-26-25;1-2;/h3*14,21-22H,9-13H2,1-8H3;19-20H,8-12H2,1-7H3;1-2H3;. The molecule has 12 rings (SSSR count). The summed E-state index contributed by atoms with van der Waals surface area (Å²) >= 11 is 0. The first-order valence-corrected chi connectivity index (χ1v) is 46.7. The fourth-order valence-corrected chi connectivity index (χ4v) is 20.0. The monoisotopic (exact) mass is 2000 g/mol. The number of nitrogens with zero attached hydrogens (tertiary/aromatic N) is 4. The topological polar surface area (TPSA) is 278 Å². The van der Waals surface area contributed by atoms with Crippen LogP contribution in [0.3, 0.4) is 0 Å². The van der Waals surface area contributed by atoms with Crippen LogP contribution >= 0.6 is 0 Å². The molecular weight excluding hydrogens is 1850 g/mol. The molecule has 20 nitrogen and oxygen atoms in total. The maximum absolute atomic E-state index is 13.2. The summed E-state index contributed by atoms with van der Waals surface area (Å²) in [5, 5.41) is 17.3. The van der Waals surface area contributed by atoms with Gasteiger partial charge in [0.05, 0.1) is 76.9 Å². The van der Waals surface area contributed by atoms with Crippen molar-refractivity contribution in [3.63, 3.8) is 0 Å². The number of ketones is 4. The van der Waals surface area contributed by atoms with Crippen molar-refractivity contribution in [3.8, 4) is 0 Å². The molecule has 4 heterocycles. The van der Waals surface area contributed by atoms with Crippen LogP contribution in [0.25, 0.3) is 0 Å². The molecule has 0 bridgehead atoms. The normalized spacial score (nSPS) is 17.5. The molecule has 21 heteroatoms. The minimum absolute atomic E-state index is 0. The molecule has 8 aromatic rings. The molecule has 4 saturated carbocycles. The zero-order valence-electron chi connectivity index (χ0n) is 84.3. The Hall–Kier alpha value is -8.67. The van der Waals surface area contributed by atoms with E-state index in [0.29, 0.717) is 67.1 Å². The van der Waals surface area contributed by atoms with Crippen molar-refractivity contribution in [3.05, 3.63) is 202 Å². The van der Waals surface area contributed by atoms with Gasteiger partial charge in [0.1, 0.15) is 46.2 Å². The third-order valence-corrected chi connectivity index (χ3v) is 30.3. The summed E-state index contributed by atoms with van der Waals surface area (Å²) < 4.78 is 42.3. The minimum atomic E-state index is -0.335. The van der Waals surface area contributed by atoms with Gasteiger partial charge in [0.15, 0.2) is 0 Å². The molecule has 0 N–H and O–H groups in total. The first-order chi connectivity index (χ1) is 60.3. The molecule has 0 spiro atoms. The van der Waals surface area contributed by atoms with E-state index in [0.717, 1.165) is 142 Å². The third kappa shape index (κ3) is 25.4. The average Bonchev–Trinajstić information content (AvgIpc) is 1.59. The van der Waals surface area contributed by atoms with Crippen LogP contribution in [0.2, 0.25) is 0 Å². The number of methoxy groups -OCH3 is 4. The quantitative estimate of drug-likeness (QED) is 0.0280. The van der Waals surface area contributed by atoms with Crippen molar-refractivity contribution in [1.29, 1.82) is 0 Å². The molecule has 4 aromatic heterocycles. The van der Waals surface area contributed by atoms with Crippen LogP contribution in [0.1, 0.15) is 386 Å². The summed E-state index contributed by atoms with van der Waals surface area (Å²) in [5.74, 6) is 5.04. The summed E-state index contributed by atoms with van der Waals surface area (Å²) in [5.41, 5.74) is 36.0. The van der Waals surface area contributed by atoms with Gasteiger partial charge in [-0.05, 0) is 375 Å². The van der Waals surface area contributed by atoms with Crippen molar-refractivity contribution in [2.24, 2.45) is 17.8 Å². The smallest absolute Gasteiger partial charge is 0.306 e. The number of aromatic nitrogens is 4. The second-order valence-electron chi connectivity index (χ2n) is 38.3. The van der Waals surface area contributed by atoms with Crippen LogP contribution in [0.15, 0.2) is 18.1 Å². The second kappa shape index (κ2) is 47.1. The summed E-state index contributed by atoms with van der Waals surface area (Å²) in [6, 6.07) is 0. The van der Waals surface area contributed by atoms with E-state index in [2.05, 4.69) is 180 Å². The molecule has 4 aliphatic carbocycles. The van der Waals surface area contributed by atoms with Crippen LogP contribution in [0.4, 0.5) is 0 Å².